The molecule has 1 fully saturated rings. The molecule has 1 amide bonds. The van der Waals surface area contributed by atoms with E-state index < -0.39 is 0 Å². The fourth-order valence-corrected chi connectivity index (χ4v) is 3.61. The SMILES string of the molecule is Cc1cc2c(n1CCC(=O)N1CCCCC1)CCCC2=O. The number of fused-ring (bicyclic) bond motifs is 1. The number of Topliss-reactive ketones (excluding diaryl/α,β-unsaturated/α-hetero) is 1. The molecule has 1 aliphatic heterocycles. The predicted octanol–water partition coefficient (Wildman–Crippen LogP) is 2.72. The highest BCUT2D eigenvalue weighted by molar-refractivity contribution is 5.98. The lowest BCUT2D eigenvalue weighted by molar-refractivity contribution is -0.132. The molecule has 0 unspecified atom stereocenters. The van der Waals surface area contributed by atoms with Crippen LogP contribution in [-0.2, 0) is 17.8 Å². The highest BCUT2D eigenvalue weighted by Gasteiger charge is 2.23. The van der Waals surface area contributed by atoms with Gasteiger partial charge < -0.3 is 9.47 Å². The van der Waals surface area contributed by atoms with Crippen molar-refractivity contribution in [2.75, 3.05) is 13.1 Å². The number of carbonyl (C=O) groups excluding carboxylic acids is 2. The maximum absolute atomic E-state index is 12.3. The second-order valence-corrected chi connectivity index (χ2v) is 6.27. The van der Waals surface area contributed by atoms with E-state index in [-0.39, 0.29) is 11.7 Å². The molecule has 21 heavy (non-hydrogen) atoms. The third-order valence-electron chi connectivity index (χ3n) is 4.79. The Hall–Kier alpha value is -1.58. The Kier molecular flexibility index (Phi) is 4.13. The van der Waals surface area contributed by atoms with E-state index >= 15 is 0 Å². The summed E-state index contributed by atoms with van der Waals surface area (Å²) in [6, 6.07) is 2.00. The molecule has 0 radical (unpaired) electrons. The van der Waals surface area contributed by atoms with Crippen LogP contribution >= 0.6 is 0 Å². The first-order valence-corrected chi connectivity index (χ1v) is 8.17. The average Bonchev–Trinajstić information content (AvgIpc) is 2.83. The minimum absolute atomic E-state index is 0.263. The molecule has 1 aliphatic carbocycles. The molecule has 2 heterocycles. The molecule has 4 heteroatoms. The molecule has 0 saturated carbocycles. The molecule has 1 saturated heterocycles. The third kappa shape index (κ3) is 2.89. The first kappa shape index (κ1) is 14.4. The molecule has 0 spiro atoms. The van der Waals surface area contributed by atoms with Gasteiger partial charge in [0.25, 0.3) is 0 Å². The second kappa shape index (κ2) is 6.04. The Balaban J connectivity index is 1.68. The van der Waals surface area contributed by atoms with Gasteiger partial charge in [0.05, 0.1) is 0 Å². The van der Waals surface area contributed by atoms with E-state index in [9.17, 15) is 9.59 Å². The van der Waals surface area contributed by atoms with Gasteiger partial charge >= 0.3 is 0 Å². The van der Waals surface area contributed by atoms with Gasteiger partial charge in [-0.15, -0.1) is 0 Å². The molecule has 0 bridgehead atoms. The minimum atomic E-state index is 0.263. The van der Waals surface area contributed by atoms with Gasteiger partial charge in [-0.2, -0.15) is 0 Å². The lowest BCUT2D eigenvalue weighted by Crippen LogP contribution is -2.36. The summed E-state index contributed by atoms with van der Waals surface area (Å²) in [6.07, 6.45) is 6.65. The van der Waals surface area contributed by atoms with Crippen molar-refractivity contribution in [3.05, 3.63) is 23.0 Å². The molecular weight excluding hydrogens is 264 g/mol. The Labute approximate surface area is 126 Å². The fraction of sp³-hybridized carbons (Fsp3) is 0.647. The van der Waals surface area contributed by atoms with Crippen LogP contribution in [0.5, 0.6) is 0 Å². The Bertz CT molecular complexity index is 553. The van der Waals surface area contributed by atoms with Crippen molar-refractivity contribution in [3.8, 4) is 0 Å². The standard InChI is InChI=1S/C17H24N2O2/c1-13-12-14-15(6-5-7-16(14)20)19(13)11-8-17(21)18-9-3-2-4-10-18/h12H,2-11H2,1H3. The quantitative estimate of drug-likeness (QED) is 0.858. The van der Waals surface area contributed by atoms with Gasteiger partial charge in [-0.25, -0.2) is 0 Å². The molecule has 1 aromatic heterocycles. The van der Waals surface area contributed by atoms with Gasteiger partial charge in [-0.1, -0.05) is 0 Å². The molecule has 4 nitrogen and oxygen atoms in total. The van der Waals surface area contributed by atoms with Crippen LogP contribution in [-0.4, -0.2) is 34.2 Å². The number of ketones is 1. The zero-order valence-electron chi connectivity index (χ0n) is 12.9. The molecule has 0 atom stereocenters. The number of aromatic nitrogens is 1. The van der Waals surface area contributed by atoms with Crippen molar-refractivity contribution in [1.82, 2.24) is 9.47 Å². The van der Waals surface area contributed by atoms with Gasteiger partial charge in [-0.05, 0) is 45.1 Å². The first-order chi connectivity index (χ1) is 10.2. The zero-order chi connectivity index (χ0) is 14.8. The number of hydrogen-bond acceptors (Lipinski definition) is 2. The second-order valence-electron chi connectivity index (χ2n) is 6.27. The highest BCUT2D eigenvalue weighted by Crippen LogP contribution is 2.25. The number of aryl methyl sites for hydroxylation is 1. The van der Waals surface area contributed by atoms with Crippen LogP contribution in [0, 0.1) is 6.92 Å². The summed E-state index contributed by atoms with van der Waals surface area (Å²) in [6.45, 7) is 4.58. The van der Waals surface area contributed by atoms with Gasteiger partial charge in [0.2, 0.25) is 5.91 Å². The van der Waals surface area contributed by atoms with Crippen LogP contribution in [0.25, 0.3) is 0 Å². The summed E-state index contributed by atoms with van der Waals surface area (Å²) < 4.78 is 2.19. The maximum Gasteiger partial charge on any atom is 0.224 e. The van der Waals surface area contributed by atoms with Crippen molar-refractivity contribution >= 4 is 11.7 Å². The Morgan fingerprint density at radius 1 is 1.14 bits per heavy atom. The number of carbonyl (C=O) groups is 2. The van der Waals surface area contributed by atoms with Gasteiger partial charge in [0.1, 0.15) is 0 Å². The molecule has 2 aliphatic rings. The summed E-state index contributed by atoms with van der Waals surface area (Å²) in [5.74, 6) is 0.527. The van der Waals surface area contributed by atoms with E-state index in [4.69, 9.17) is 0 Å². The van der Waals surface area contributed by atoms with Crippen LogP contribution in [0.1, 0.15) is 60.3 Å². The van der Waals surface area contributed by atoms with Gasteiger partial charge in [-0.3, -0.25) is 9.59 Å². The summed E-state index contributed by atoms with van der Waals surface area (Å²) in [5.41, 5.74) is 3.15. The lowest BCUT2D eigenvalue weighted by atomic mass is 9.96. The number of likely N-dealkylation sites (tertiary alicyclic amines) is 1. The fourth-order valence-electron chi connectivity index (χ4n) is 3.61. The van der Waals surface area contributed by atoms with Crippen LogP contribution < -0.4 is 0 Å². The summed E-state index contributed by atoms with van der Waals surface area (Å²) in [5, 5.41) is 0. The zero-order valence-corrected chi connectivity index (χ0v) is 12.9. The summed E-state index contributed by atoms with van der Waals surface area (Å²) in [7, 11) is 0. The van der Waals surface area contributed by atoms with Gasteiger partial charge in [0.15, 0.2) is 5.78 Å². The molecule has 3 rings (SSSR count). The van der Waals surface area contributed by atoms with Crippen LogP contribution in [0.3, 0.4) is 0 Å². The topological polar surface area (TPSA) is 42.3 Å². The Morgan fingerprint density at radius 3 is 2.67 bits per heavy atom. The number of nitrogens with zero attached hydrogens (tertiary/aromatic N) is 2. The summed E-state index contributed by atoms with van der Waals surface area (Å²) in [4.78, 5) is 26.2. The summed E-state index contributed by atoms with van der Waals surface area (Å²) >= 11 is 0. The molecule has 114 valence electrons. The number of amides is 1. The molecule has 0 aromatic carbocycles. The van der Waals surface area contributed by atoms with Crippen molar-refractivity contribution in [2.45, 2.75) is 58.4 Å². The largest absolute Gasteiger partial charge is 0.348 e. The van der Waals surface area contributed by atoms with E-state index in [2.05, 4.69) is 4.57 Å². The maximum atomic E-state index is 12.3. The van der Waals surface area contributed by atoms with E-state index in [0.29, 0.717) is 19.4 Å². The number of hydrogen-bond donors (Lipinski definition) is 0. The highest BCUT2D eigenvalue weighted by atomic mass is 16.2. The molecular formula is C17H24N2O2. The van der Waals surface area contributed by atoms with Crippen molar-refractivity contribution < 1.29 is 9.59 Å². The van der Waals surface area contributed by atoms with E-state index in [0.717, 1.165) is 55.7 Å². The van der Waals surface area contributed by atoms with E-state index in [1.54, 1.807) is 0 Å². The third-order valence-corrected chi connectivity index (χ3v) is 4.79. The number of piperidine rings is 1. The Morgan fingerprint density at radius 2 is 1.90 bits per heavy atom. The molecule has 0 N–H and O–H groups in total. The van der Waals surface area contributed by atoms with Crippen molar-refractivity contribution in [1.29, 1.82) is 0 Å². The lowest BCUT2D eigenvalue weighted by Gasteiger charge is -2.27. The minimum Gasteiger partial charge on any atom is -0.348 e. The van der Waals surface area contributed by atoms with Crippen LogP contribution in [0.15, 0.2) is 6.07 Å². The first-order valence-electron chi connectivity index (χ1n) is 8.17. The van der Waals surface area contributed by atoms with Crippen molar-refractivity contribution in [2.24, 2.45) is 0 Å². The number of rotatable bonds is 3. The van der Waals surface area contributed by atoms with Crippen molar-refractivity contribution in [3.63, 3.8) is 0 Å². The average molecular weight is 288 g/mol. The van der Waals surface area contributed by atoms with Gasteiger partial charge in [0, 0.05) is 49.4 Å². The van der Waals surface area contributed by atoms with Crippen LogP contribution in [0.2, 0.25) is 0 Å². The molecule has 1 aromatic rings. The van der Waals surface area contributed by atoms with Crippen LogP contribution in [0.4, 0.5) is 0 Å². The van der Waals surface area contributed by atoms with E-state index in [1.165, 1.54) is 6.42 Å². The smallest absolute Gasteiger partial charge is 0.224 e. The normalized spacial score (nSPS) is 18.7. The predicted molar refractivity (Wildman–Crippen MR) is 81.5 cm³/mol. The van der Waals surface area contributed by atoms with E-state index in [1.807, 2.05) is 17.9 Å². The monoisotopic (exact) mass is 288 g/mol.